The van der Waals surface area contributed by atoms with Crippen molar-refractivity contribution in [1.82, 2.24) is 9.97 Å². The molecular weight excluding hydrogens is 422 g/mol. The first-order valence-electron chi connectivity index (χ1n) is 7.63. The number of ether oxygens (including phenoxy) is 1. The number of aromatic nitrogens is 2. The van der Waals surface area contributed by atoms with Gasteiger partial charge in [-0.05, 0) is 37.6 Å². The Morgan fingerprint density at radius 1 is 1.35 bits per heavy atom. The SMILES string of the molecule is CCOc1ncnc2sc(C(=O)Nc3ccc(Br)cc3C(=O)O)c(C)c12. The largest absolute Gasteiger partial charge is 0.478 e. The fourth-order valence-electron chi connectivity index (χ4n) is 2.48. The van der Waals surface area contributed by atoms with Gasteiger partial charge in [-0.3, -0.25) is 4.79 Å². The van der Waals surface area contributed by atoms with E-state index < -0.39 is 11.9 Å². The van der Waals surface area contributed by atoms with Crippen molar-refractivity contribution < 1.29 is 19.4 Å². The lowest BCUT2D eigenvalue weighted by molar-refractivity contribution is 0.0698. The van der Waals surface area contributed by atoms with Crippen LogP contribution >= 0.6 is 27.3 Å². The average molecular weight is 436 g/mol. The van der Waals surface area contributed by atoms with Crippen molar-refractivity contribution in [3.8, 4) is 5.88 Å². The molecule has 0 bridgehead atoms. The van der Waals surface area contributed by atoms with E-state index in [-0.39, 0.29) is 11.3 Å². The number of thiophene rings is 1. The van der Waals surface area contributed by atoms with Crippen molar-refractivity contribution in [3.05, 3.63) is 45.0 Å². The fraction of sp³-hybridized carbons (Fsp3) is 0.176. The van der Waals surface area contributed by atoms with Gasteiger partial charge in [0.25, 0.3) is 5.91 Å². The number of carboxylic acids is 1. The second-order valence-electron chi connectivity index (χ2n) is 5.30. The van der Waals surface area contributed by atoms with Gasteiger partial charge in [-0.2, -0.15) is 0 Å². The van der Waals surface area contributed by atoms with Crippen LogP contribution in [0.25, 0.3) is 10.2 Å². The van der Waals surface area contributed by atoms with Gasteiger partial charge in [-0.1, -0.05) is 15.9 Å². The highest BCUT2D eigenvalue weighted by molar-refractivity contribution is 9.10. The number of aryl methyl sites for hydroxylation is 1. The lowest BCUT2D eigenvalue weighted by Crippen LogP contribution is -2.14. The molecule has 2 heterocycles. The number of carboxylic acid groups (broad SMARTS) is 1. The Kier molecular flexibility index (Phi) is 5.19. The summed E-state index contributed by atoms with van der Waals surface area (Å²) in [5, 5.41) is 12.7. The van der Waals surface area contributed by atoms with Gasteiger partial charge < -0.3 is 15.2 Å². The third kappa shape index (κ3) is 3.40. The monoisotopic (exact) mass is 435 g/mol. The molecule has 0 saturated heterocycles. The van der Waals surface area contributed by atoms with E-state index in [4.69, 9.17) is 4.74 Å². The second kappa shape index (κ2) is 7.38. The van der Waals surface area contributed by atoms with Gasteiger partial charge >= 0.3 is 5.97 Å². The number of anilines is 1. The van der Waals surface area contributed by atoms with Gasteiger partial charge in [0.1, 0.15) is 11.2 Å². The summed E-state index contributed by atoms with van der Waals surface area (Å²) < 4.78 is 6.13. The summed E-state index contributed by atoms with van der Waals surface area (Å²) >= 11 is 4.44. The number of hydrogen-bond acceptors (Lipinski definition) is 6. The highest BCUT2D eigenvalue weighted by Gasteiger charge is 2.21. The van der Waals surface area contributed by atoms with Gasteiger partial charge in [-0.15, -0.1) is 11.3 Å². The zero-order valence-corrected chi connectivity index (χ0v) is 16.3. The van der Waals surface area contributed by atoms with Crippen molar-refractivity contribution in [2.75, 3.05) is 11.9 Å². The van der Waals surface area contributed by atoms with E-state index >= 15 is 0 Å². The highest BCUT2D eigenvalue weighted by atomic mass is 79.9. The van der Waals surface area contributed by atoms with Gasteiger partial charge in [0.05, 0.1) is 28.1 Å². The van der Waals surface area contributed by atoms with Gasteiger partial charge in [-0.25, -0.2) is 14.8 Å². The van der Waals surface area contributed by atoms with E-state index in [2.05, 4.69) is 31.2 Å². The molecule has 1 aromatic carbocycles. The van der Waals surface area contributed by atoms with E-state index in [9.17, 15) is 14.7 Å². The third-order valence-corrected chi connectivity index (χ3v) is 5.33. The molecular formula is C17H14BrN3O4S. The number of halogens is 1. The van der Waals surface area contributed by atoms with Crippen molar-refractivity contribution in [2.24, 2.45) is 0 Å². The molecule has 2 aromatic heterocycles. The normalized spacial score (nSPS) is 10.7. The molecule has 9 heteroatoms. The van der Waals surface area contributed by atoms with Crippen LogP contribution < -0.4 is 10.1 Å². The first kappa shape index (κ1) is 18.3. The number of nitrogens with one attached hydrogen (secondary N) is 1. The van der Waals surface area contributed by atoms with E-state index in [1.807, 2.05) is 6.92 Å². The molecule has 0 aliphatic rings. The smallest absolute Gasteiger partial charge is 0.337 e. The van der Waals surface area contributed by atoms with Crippen molar-refractivity contribution in [3.63, 3.8) is 0 Å². The Morgan fingerprint density at radius 3 is 2.81 bits per heavy atom. The molecule has 1 amide bonds. The first-order chi connectivity index (χ1) is 12.4. The molecule has 134 valence electrons. The Morgan fingerprint density at radius 2 is 2.12 bits per heavy atom. The minimum atomic E-state index is -1.13. The molecule has 0 unspecified atom stereocenters. The first-order valence-corrected chi connectivity index (χ1v) is 9.24. The maximum atomic E-state index is 12.7. The Bertz CT molecular complexity index is 1020. The summed E-state index contributed by atoms with van der Waals surface area (Å²) in [6.45, 7) is 4.09. The molecule has 0 saturated carbocycles. The summed E-state index contributed by atoms with van der Waals surface area (Å²) in [4.78, 5) is 33.5. The number of carbonyl (C=O) groups excluding carboxylic acids is 1. The number of fused-ring (bicyclic) bond motifs is 1. The van der Waals surface area contributed by atoms with Crippen LogP contribution in [0.4, 0.5) is 5.69 Å². The molecule has 0 fully saturated rings. The van der Waals surface area contributed by atoms with E-state index in [1.165, 1.54) is 23.7 Å². The Labute approximate surface area is 161 Å². The Balaban J connectivity index is 2.00. The van der Waals surface area contributed by atoms with Gasteiger partial charge in [0.15, 0.2) is 0 Å². The molecule has 3 rings (SSSR count). The minimum Gasteiger partial charge on any atom is -0.478 e. The quantitative estimate of drug-likeness (QED) is 0.624. The minimum absolute atomic E-state index is 0.00119. The number of benzene rings is 1. The molecule has 0 spiro atoms. The fourth-order valence-corrected chi connectivity index (χ4v) is 3.88. The van der Waals surface area contributed by atoms with E-state index in [1.54, 1.807) is 19.1 Å². The summed E-state index contributed by atoms with van der Waals surface area (Å²) in [6.07, 6.45) is 1.39. The van der Waals surface area contributed by atoms with Crippen LogP contribution in [0.3, 0.4) is 0 Å². The highest BCUT2D eigenvalue weighted by Crippen LogP contribution is 2.35. The van der Waals surface area contributed by atoms with Gasteiger partial charge in [0, 0.05) is 4.47 Å². The zero-order valence-electron chi connectivity index (χ0n) is 13.9. The molecule has 7 nitrogen and oxygen atoms in total. The van der Waals surface area contributed by atoms with Crippen LogP contribution in [-0.2, 0) is 0 Å². The summed E-state index contributed by atoms with van der Waals surface area (Å²) in [6, 6.07) is 4.65. The number of carbonyl (C=O) groups is 2. The number of rotatable bonds is 5. The van der Waals surface area contributed by atoms with E-state index in [0.29, 0.717) is 37.6 Å². The Hall–Kier alpha value is -2.52. The number of hydrogen-bond donors (Lipinski definition) is 2. The molecule has 2 N–H and O–H groups in total. The molecule has 0 radical (unpaired) electrons. The van der Waals surface area contributed by atoms with Crippen LogP contribution in [0.2, 0.25) is 0 Å². The lowest BCUT2D eigenvalue weighted by Gasteiger charge is -2.08. The summed E-state index contributed by atoms with van der Waals surface area (Å²) in [5.74, 6) is -1.10. The number of aromatic carboxylic acids is 1. The predicted octanol–water partition coefficient (Wildman–Crippen LogP) is 4.11. The number of nitrogens with zero attached hydrogens (tertiary/aromatic N) is 2. The van der Waals surface area contributed by atoms with Crippen molar-refractivity contribution in [1.29, 1.82) is 0 Å². The second-order valence-corrected chi connectivity index (χ2v) is 7.21. The van der Waals surface area contributed by atoms with E-state index in [0.717, 1.165) is 0 Å². The zero-order chi connectivity index (χ0) is 18.8. The molecule has 26 heavy (non-hydrogen) atoms. The van der Waals surface area contributed by atoms with Crippen LogP contribution in [0.1, 0.15) is 32.5 Å². The average Bonchev–Trinajstić information content (AvgIpc) is 2.94. The molecule has 0 aliphatic heterocycles. The molecule has 0 atom stereocenters. The maximum absolute atomic E-state index is 12.7. The van der Waals surface area contributed by atoms with Crippen LogP contribution in [0.5, 0.6) is 5.88 Å². The van der Waals surface area contributed by atoms with Gasteiger partial charge in [0.2, 0.25) is 5.88 Å². The molecule has 0 aliphatic carbocycles. The topological polar surface area (TPSA) is 101 Å². The van der Waals surface area contributed by atoms with Crippen LogP contribution in [-0.4, -0.2) is 33.6 Å². The summed E-state index contributed by atoms with van der Waals surface area (Å²) in [5.41, 5.74) is 0.917. The molecule has 3 aromatic rings. The summed E-state index contributed by atoms with van der Waals surface area (Å²) in [7, 11) is 0. The van der Waals surface area contributed by atoms with Crippen LogP contribution in [0, 0.1) is 6.92 Å². The lowest BCUT2D eigenvalue weighted by atomic mass is 10.1. The van der Waals surface area contributed by atoms with Crippen molar-refractivity contribution in [2.45, 2.75) is 13.8 Å². The van der Waals surface area contributed by atoms with Crippen LogP contribution in [0.15, 0.2) is 29.0 Å². The standard InChI is InChI=1S/C17H14BrN3O4S/c1-3-25-15-12-8(2)13(26-16(12)20-7-19-15)14(22)21-11-5-4-9(18)6-10(11)17(23)24/h4-7H,3H2,1-2H3,(H,21,22)(H,23,24). The van der Waals surface area contributed by atoms with Crippen molar-refractivity contribution >= 4 is 55.0 Å². The predicted molar refractivity (Wildman–Crippen MR) is 102 cm³/mol. The number of amides is 1. The third-order valence-electron chi connectivity index (χ3n) is 3.64. The maximum Gasteiger partial charge on any atom is 0.337 e.